The van der Waals surface area contributed by atoms with E-state index in [1.807, 2.05) is 0 Å². The zero-order valence-electron chi connectivity index (χ0n) is 12.8. The molecule has 4 heteroatoms. The fourth-order valence-electron chi connectivity index (χ4n) is 3.07. The molecule has 1 fully saturated rings. The van der Waals surface area contributed by atoms with Crippen LogP contribution in [0, 0.1) is 6.92 Å². The Kier molecular flexibility index (Phi) is 4.86. The van der Waals surface area contributed by atoms with Gasteiger partial charge in [-0.05, 0) is 40.8 Å². The van der Waals surface area contributed by atoms with Gasteiger partial charge in [-0.2, -0.15) is 0 Å². The summed E-state index contributed by atoms with van der Waals surface area (Å²) in [7, 11) is 4.22. The van der Waals surface area contributed by atoms with Gasteiger partial charge in [0, 0.05) is 24.8 Å². The SMILES string of the molecule is Cc1cn(C2CCCCC2)c(NC(C)CN(C)C)n1. The normalized spacial score (nSPS) is 18.8. The highest BCUT2D eigenvalue weighted by Gasteiger charge is 2.19. The van der Waals surface area contributed by atoms with Gasteiger partial charge in [0.25, 0.3) is 0 Å². The second-order valence-electron chi connectivity index (χ2n) is 6.21. The molecule has 1 saturated carbocycles. The minimum Gasteiger partial charge on any atom is -0.352 e. The summed E-state index contributed by atoms with van der Waals surface area (Å²) in [5.41, 5.74) is 1.12. The van der Waals surface area contributed by atoms with Gasteiger partial charge in [0.05, 0.1) is 5.69 Å². The molecule has 1 heterocycles. The average molecular weight is 264 g/mol. The van der Waals surface area contributed by atoms with Crippen LogP contribution in [0.5, 0.6) is 0 Å². The highest BCUT2D eigenvalue weighted by Crippen LogP contribution is 2.30. The largest absolute Gasteiger partial charge is 0.352 e. The van der Waals surface area contributed by atoms with Crippen LogP contribution in [0.1, 0.15) is 50.8 Å². The molecule has 1 aliphatic carbocycles. The van der Waals surface area contributed by atoms with Crippen molar-refractivity contribution in [1.82, 2.24) is 14.5 Å². The van der Waals surface area contributed by atoms with Crippen LogP contribution in [0.3, 0.4) is 0 Å². The summed E-state index contributed by atoms with van der Waals surface area (Å²) in [6, 6.07) is 1.06. The van der Waals surface area contributed by atoms with Crippen molar-refractivity contribution in [3.63, 3.8) is 0 Å². The number of nitrogens with one attached hydrogen (secondary N) is 1. The van der Waals surface area contributed by atoms with Gasteiger partial charge in [0.15, 0.2) is 0 Å². The van der Waals surface area contributed by atoms with Crippen molar-refractivity contribution in [2.45, 2.75) is 58.0 Å². The Morgan fingerprint density at radius 3 is 2.68 bits per heavy atom. The third-order valence-electron chi connectivity index (χ3n) is 3.84. The Balaban J connectivity index is 2.06. The summed E-state index contributed by atoms with van der Waals surface area (Å²) < 4.78 is 2.38. The quantitative estimate of drug-likeness (QED) is 0.887. The number of nitrogens with zero attached hydrogens (tertiary/aromatic N) is 3. The van der Waals surface area contributed by atoms with Gasteiger partial charge in [-0.25, -0.2) is 4.98 Å². The van der Waals surface area contributed by atoms with E-state index in [0.29, 0.717) is 12.1 Å². The standard InChI is InChI=1S/C15H28N4/c1-12(10-18(3)4)16-15-17-13(2)11-19(15)14-8-6-5-7-9-14/h11-12,14H,5-10H2,1-4H3,(H,16,17). The van der Waals surface area contributed by atoms with Gasteiger partial charge in [0.1, 0.15) is 0 Å². The van der Waals surface area contributed by atoms with E-state index in [2.05, 4.69) is 53.9 Å². The molecule has 0 aromatic carbocycles. The molecule has 1 atom stereocenters. The molecule has 0 aliphatic heterocycles. The summed E-state index contributed by atoms with van der Waals surface area (Å²) in [6.45, 7) is 5.33. The zero-order valence-corrected chi connectivity index (χ0v) is 12.8. The van der Waals surface area contributed by atoms with E-state index in [1.54, 1.807) is 0 Å². The van der Waals surface area contributed by atoms with Crippen LogP contribution in [0.25, 0.3) is 0 Å². The average Bonchev–Trinajstić information content (AvgIpc) is 2.70. The molecule has 1 aromatic rings. The predicted molar refractivity (Wildman–Crippen MR) is 80.7 cm³/mol. The molecule has 19 heavy (non-hydrogen) atoms. The highest BCUT2D eigenvalue weighted by molar-refractivity contribution is 5.31. The first kappa shape index (κ1) is 14.4. The molecule has 1 aromatic heterocycles. The van der Waals surface area contributed by atoms with Gasteiger partial charge >= 0.3 is 0 Å². The van der Waals surface area contributed by atoms with Crippen molar-refractivity contribution in [3.8, 4) is 0 Å². The first-order valence-corrected chi connectivity index (χ1v) is 7.53. The Morgan fingerprint density at radius 2 is 2.05 bits per heavy atom. The topological polar surface area (TPSA) is 33.1 Å². The molecular weight excluding hydrogens is 236 g/mol. The van der Waals surface area contributed by atoms with Crippen molar-refractivity contribution in [2.24, 2.45) is 0 Å². The van der Waals surface area contributed by atoms with E-state index in [-0.39, 0.29) is 0 Å². The first-order chi connectivity index (χ1) is 9.06. The third kappa shape index (κ3) is 3.96. The van der Waals surface area contributed by atoms with Crippen LogP contribution in [-0.4, -0.2) is 41.1 Å². The molecule has 2 rings (SSSR count). The molecule has 1 unspecified atom stereocenters. The van der Waals surface area contributed by atoms with Gasteiger partial charge in [-0.3, -0.25) is 0 Å². The molecule has 4 nitrogen and oxygen atoms in total. The van der Waals surface area contributed by atoms with E-state index < -0.39 is 0 Å². The summed E-state index contributed by atoms with van der Waals surface area (Å²) >= 11 is 0. The molecular formula is C15H28N4. The number of hydrogen-bond donors (Lipinski definition) is 1. The lowest BCUT2D eigenvalue weighted by molar-refractivity contribution is 0.352. The van der Waals surface area contributed by atoms with Crippen molar-refractivity contribution >= 4 is 5.95 Å². The number of likely N-dealkylation sites (N-methyl/N-ethyl adjacent to an activating group) is 1. The molecule has 1 N–H and O–H groups in total. The van der Waals surface area contributed by atoms with Crippen LogP contribution >= 0.6 is 0 Å². The van der Waals surface area contributed by atoms with Crippen molar-refractivity contribution in [2.75, 3.05) is 26.0 Å². The van der Waals surface area contributed by atoms with Gasteiger partial charge < -0.3 is 14.8 Å². The number of hydrogen-bond acceptors (Lipinski definition) is 3. The molecule has 0 radical (unpaired) electrons. The Labute approximate surface area is 117 Å². The molecule has 0 spiro atoms. The van der Waals surface area contributed by atoms with E-state index in [1.165, 1.54) is 32.1 Å². The number of aryl methyl sites for hydroxylation is 1. The summed E-state index contributed by atoms with van der Waals surface area (Å²) in [4.78, 5) is 6.87. The maximum Gasteiger partial charge on any atom is 0.203 e. The predicted octanol–water partition coefficient (Wildman–Crippen LogP) is 3.06. The smallest absolute Gasteiger partial charge is 0.203 e. The molecule has 1 aliphatic rings. The second kappa shape index (κ2) is 6.42. The lowest BCUT2D eigenvalue weighted by atomic mass is 9.95. The third-order valence-corrected chi connectivity index (χ3v) is 3.84. The van der Waals surface area contributed by atoms with Crippen molar-refractivity contribution < 1.29 is 0 Å². The lowest BCUT2D eigenvalue weighted by Crippen LogP contribution is -2.31. The van der Waals surface area contributed by atoms with E-state index in [0.717, 1.165) is 18.2 Å². The minimum atomic E-state index is 0.416. The highest BCUT2D eigenvalue weighted by atomic mass is 15.2. The Bertz CT molecular complexity index is 391. The van der Waals surface area contributed by atoms with Crippen molar-refractivity contribution in [3.05, 3.63) is 11.9 Å². The molecule has 0 bridgehead atoms. The minimum absolute atomic E-state index is 0.416. The van der Waals surface area contributed by atoms with Crippen LogP contribution in [0.4, 0.5) is 5.95 Å². The Morgan fingerprint density at radius 1 is 1.37 bits per heavy atom. The molecule has 0 amide bonds. The second-order valence-corrected chi connectivity index (χ2v) is 6.21. The monoisotopic (exact) mass is 264 g/mol. The zero-order chi connectivity index (χ0) is 13.8. The van der Waals surface area contributed by atoms with Crippen LogP contribution in [0.2, 0.25) is 0 Å². The maximum atomic E-state index is 4.67. The molecule has 108 valence electrons. The van der Waals surface area contributed by atoms with Crippen LogP contribution < -0.4 is 5.32 Å². The fourth-order valence-corrected chi connectivity index (χ4v) is 3.07. The van der Waals surface area contributed by atoms with E-state index in [9.17, 15) is 0 Å². The van der Waals surface area contributed by atoms with Gasteiger partial charge in [-0.15, -0.1) is 0 Å². The Hall–Kier alpha value is -1.03. The summed E-state index contributed by atoms with van der Waals surface area (Å²) in [5, 5.41) is 3.57. The van der Waals surface area contributed by atoms with E-state index in [4.69, 9.17) is 0 Å². The van der Waals surface area contributed by atoms with Gasteiger partial charge in [0.2, 0.25) is 5.95 Å². The number of anilines is 1. The summed E-state index contributed by atoms with van der Waals surface area (Å²) in [6.07, 6.45) is 8.91. The van der Waals surface area contributed by atoms with Crippen LogP contribution in [0.15, 0.2) is 6.20 Å². The molecule has 0 saturated heterocycles. The first-order valence-electron chi connectivity index (χ1n) is 7.53. The van der Waals surface area contributed by atoms with Crippen molar-refractivity contribution in [1.29, 1.82) is 0 Å². The lowest BCUT2D eigenvalue weighted by Gasteiger charge is -2.26. The van der Waals surface area contributed by atoms with E-state index >= 15 is 0 Å². The van der Waals surface area contributed by atoms with Crippen LogP contribution in [-0.2, 0) is 0 Å². The fraction of sp³-hybridized carbons (Fsp3) is 0.800. The maximum absolute atomic E-state index is 4.67. The number of imidazole rings is 1. The van der Waals surface area contributed by atoms with Gasteiger partial charge in [-0.1, -0.05) is 19.3 Å². The number of aromatic nitrogens is 2. The number of rotatable bonds is 5. The summed E-state index contributed by atoms with van der Waals surface area (Å²) in [5.74, 6) is 1.05.